The first-order valence-corrected chi connectivity index (χ1v) is 11.9. The van der Waals surface area contributed by atoms with Gasteiger partial charge in [0.25, 0.3) is 11.6 Å². The van der Waals surface area contributed by atoms with Gasteiger partial charge in [-0.2, -0.15) is 5.10 Å². The maximum atomic E-state index is 13.0. The van der Waals surface area contributed by atoms with E-state index >= 15 is 0 Å². The number of hydrogen-bond donors (Lipinski definition) is 1. The van der Waals surface area contributed by atoms with Crippen LogP contribution < -0.4 is 14.8 Å². The molecule has 192 valence electrons. The molecule has 0 spiro atoms. The van der Waals surface area contributed by atoms with Crippen LogP contribution in [0.1, 0.15) is 55.0 Å². The van der Waals surface area contributed by atoms with E-state index in [0.29, 0.717) is 36.2 Å². The van der Waals surface area contributed by atoms with Crippen molar-refractivity contribution in [3.63, 3.8) is 0 Å². The van der Waals surface area contributed by atoms with Gasteiger partial charge < -0.3 is 14.8 Å². The Balaban J connectivity index is 1.90. The van der Waals surface area contributed by atoms with Crippen molar-refractivity contribution in [1.82, 2.24) is 19.7 Å². The Morgan fingerprint density at radius 3 is 2.14 bits per heavy atom. The second-order valence-corrected chi connectivity index (χ2v) is 8.51. The van der Waals surface area contributed by atoms with Gasteiger partial charge in [-0.15, -0.1) is 0 Å². The number of nitro groups is 1. The Labute approximate surface area is 210 Å². The molecular weight excluding hydrogens is 464 g/mol. The minimum Gasteiger partial charge on any atom is -0.490 e. The van der Waals surface area contributed by atoms with Crippen molar-refractivity contribution in [3.05, 3.63) is 56.7 Å². The van der Waals surface area contributed by atoms with Gasteiger partial charge in [-0.25, -0.2) is 14.6 Å². The molecule has 0 atom stereocenters. The van der Waals surface area contributed by atoms with Gasteiger partial charge in [-0.05, 0) is 46.6 Å². The lowest BCUT2D eigenvalue weighted by atomic mass is 10.1. The predicted octanol–water partition coefficient (Wildman–Crippen LogP) is 4.56. The monoisotopic (exact) mass is 496 g/mol. The Morgan fingerprint density at radius 2 is 1.58 bits per heavy atom. The number of ether oxygens (including phenoxy) is 2. The highest BCUT2D eigenvalue weighted by Gasteiger charge is 2.23. The SMILES string of the molecule is CCCOc1cc(NC(=O)Cc2c(C)nn(-c3nc(C)cc(C)n3)c2C)c([N+](=O)[O-])cc1OCCC. The topological polar surface area (TPSA) is 134 Å². The molecule has 11 nitrogen and oxygen atoms in total. The lowest BCUT2D eigenvalue weighted by molar-refractivity contribution is -0.384. The van der Waals surface area contributed by atoms with E-state index < -0.39 is 10.8 Å². The molecule has 0 unspecified atom stereocenters. The van der Waals surface area contributed by atoms with Gasteiger partial charge in [0.2, 0.25) is 5.91 Å². The first-order chi connectivity index (χ1) is 17.1. The Kier molecular flexibility index (Phi) is 8.57. The largest absolute Gasteiger partial charge is 0.490 e. The molecular formula is C25H32N6O5. The molecule has 2 heterocycles. The maximum Gasteiger partial charge on any atom is 0.296 e. The number of aromatic nitrogens is 4. The predicted molar refractivity (Wildman–Crippen MR) is 135 cm³/mol. The highest BCUT2D eigenvalue weighted by atomic mass is 16.6. The second kappa shape index (κ2) is 11.6. The summed E-state index contributed by atoms with van der Waals surface area (Å²) >= 11 is 0. The zero-order valence-electron chi connectivity index (χ0n) is 21.5. The summed E-state index contributed by atoms with van der Waals surface area (Å²) in [4.78, 5) is 33.1. The molecule has 0 aliphatic heterocycles. The van der Waals surface area contributed by atoms with E-state index in [-0.39, 0.29) is 23.5 Å². The van der Waals surface area contributed by atoms with E-state index in [1.807, 2.05) is 40.7 Å². The van der Waals surface area contributed by atoms with Crippen molar-refractivity contribution in [3.8, 4) is 17.4 Å². The smallest absolute Gasteiger partial charge is 0.296 e. The number of nitro benzene ring substituents is 1. The van der Waals surface area contributed by atoms with Crippen molar-refractivity contribution in [2.24, 2.45) is 0 Å². The molecule has 0 radical (unpaired) electrons. The van der Waals surface area contributed by atoms with Crippen LogP contribution in [0.4, 0.5) is 11.4 Å². The molecule has 0 aliphatic carbocycles. The van der Waals surface area contributed by atoms with Crippen molar-refractivity contribution in [2.45, 2.75) is 60.8 Å². The number of nitrogens with zero attached hydrogens (tertiary/aromatic N) is 5. The number of nitrogens with one attached hydrogen (secondary N) is 1. The average molecular weight is 497 g/mol. The molecule has 0 bridgehead atoms. The van der Waals surface area contributed by atoms with Crippen LogP contribution in [0.2, 0.25) is 0 Å². The summed E-state index contributed by atoms with van der Waals surface area (Å²) in [5.41, 5.74) is 3.45. The standard InChI is InChI=1S/C25H32N6O5/c1-7-9-35-22-13-20(21(31(33)34)14-23(22)36-10-8-2)28-24(32)12-19-17(5)29-30(18(19)6)25-26-15(3)11-16(4)27-25/h11,13-14H,7-10,12H2,1-6H3,(H,28,32). The third-order valence-electron chi connectivity index (χ3n) is 5.39. The second-order valence-electron chi connectivity index (χ2n) is 8.51. The van der Waals surface area contributed by atoms with Crippen molar-refractivity contribution in [1.29, 1.82) is 0 Å². The van der Waals surface area contributed by atoms with Crippen molar-refractivity contribution >= 4 is 17.3 Å². The fraction of sp³-hybridized carbons (Fsp3) is 0.440. The van der Waals surface area contributed by atoms with Crippen LogP contribution in [0.3, 0.4) is 0 Å². The summed E-state index contributed by atoms with van der Waals surface area (Å²) in [6.45, 7) is 12.1. The molecule has 11 heteroatoms. The molecule has 0 aliphatic rings. The van der Waals surface area contributed by atoms with Crippen molar-refractivity contribution in [2.75, 3.05) is 18.5 Å². The first-order valence-electron chi connectivity index (χ1n) is 11.9. The van der Waals surface area contributed by atoms with E-state index in [1.165, 1.54) is 12.1 Å². The van der Waals surface area contributed by atoms with Gasteiger partial charge in [-0.3, -0.25) is 14.9 Å². The number of aryl methyl sites for hydroxylation is 3. The van der Waals surface area contributed by atoms with Crippen LogP contribution in [-0.4, -0.2) is 43.8 Å². The van der Waals surface area contributed by atoms with E-state index in [1.54, 1.807) is 11.6 Å². The molecule has 0 saturated heterocycles. The fourth-order valence-electron chi connectivity index (χ4n) is 3.73. The summed E-state index contributed by atoms with van der Waals surface area (Å²) in [5, 5.41) is 19.0. The van der Waals surface area contributed by atoms with Gasteiger partial charge >= 0.3 is 0 Å². The van der Waals surface area contributed by atoms with E-state index in [2.05, 4.69) is 20.4 Å². The van der Waals surface area contributed by atoms with Crippen LogP contribution in [0.5, 0.6) is 11.5 Å². The molecule has 2 aromatic heterocycles. The number of hydrogen-bond acceptors (Lipinski definition) is 8. The molecule has 0 saturated carbocycles. The summed E-state index contributed by atoms with van der Waals surface area (Å²) in [5.74, 6) is 0.624. The minimum atomic E-state index is -0.552. The van der Waals surface area contributed by atoms with Gasteiger partial charge in [0.1, 0.15) is 5.69 Å². The van der Waals surface area contributed by atoms with Crippen LogP contribution >= 0.6 is 0 Å². The minimum absolute atomic E-state index is 0.0289. The van der Waals surface area contributed by atoms with Gasteiger partial charge in [-0.1, -0.05) is 13.8 Å². The lowest BCUT2D eigenvalue weighted by Crippen LogP contribution is -2.17. The summed E-state index contributed by atoms with van der Waals surface area (Å²) in [7, 11) is 0. The summed E-state index contributed by atoms with van der Waals surface area (Å²) < 4.78 is 13.0. The highest BCUT2D eigenvalue weighted by Crippen LogP contribution is 2.38. The third-order valence-corrected chi connectivity index (χ3v) is 5.39. The molecule has 1 aromatic carbocycles. The van der Waals surface area contributed by atoms with Crippen molar-refractivity contribution < 1.29 is 19.2 Å². The highest BCUT2D eigenvalue weighted by molar-refractivity contribution is 5.95. The number of benzene rings is 1. The fourth-order valence-corrected chi connectivity index (χ4v) is 3.73. The van der Waals surface area contributed by atoms with Gasteiger partial charge in [0.15, 0.2) is 11.5 Å². The Bertz CT molecular complexity index is 1250. The van der Waals surface area contributed by atoms with E-state index in [0.717, 1.165) is 29.9 Å². The average Bonchev–Trinajstić information content (AvgIpc) is 3.09. The third kappa shape index (κ3) is 6.15. The summed E-state index contributed by atoms with van der Waals surface area (Å²) in [6.07, 6.45) is 1.45. The zero-order chi connectivity index (χ0) is 26.4. The molecule has 3 rings (SSSR count). The number of anilines is 1. The van der Waals surface area contributed by atoms with E-state index in [9.17, 15) is 14.9 Å². The molecule has 3 aromatic rings. The maximum absolute atomic E-state index is 13.0. The zero-order valence-corrected chi connectivity index (χ0v) is 21.5. The molecule has 0 fully saturated rings. The first kappa shape index (κ1) is 26.6. The Morgan fingerprint density at radius 1 is 1.00 bits per heavy atom. The summed E-state index contributed by atoms with van der Waals surface area (Å²) in [6, 6.07) is 4.61. The quantitative estimate of drug-likeness (QED) is 0.301. The molecule has 1 amide bonds. The van der Waals surface area contributed by atoms with Crippen LogP contribution in [0.25, 0.3) is 5.95 Å². The van der Waals surface area contributed by atoms with Crippen LogP contribution in [0.15, 0.2) is 18.2 Å². The number of amides is 1. The van der Waals surface area contributed by atoms with Crippen LogP contribution in [-0.2, 0) is 11.2 Å². The molecule has 1 N–H and O–H groups in total. The Hall–Kier alpha value is -4.02. The number of rotatable bonds is 11. The lowest BCUT2D eigenvalue weighted by Gasteiger charge is -2.14. The molecule has 36 heavy (non-hydrogen) atoms. The number of carbonyl (C=O) groups is 1. The number of carbonyl (C=O) groups excluding carboxylic acids is 1. The normalized spacial score (nSPS) is 10.8. The van der Waals surface area contributed by atoms with Crippen LogP contribution in [0, 0.1) is 37.8 Å². The van der Waals surface area contributed by atoms with Gasteiger partial charge in [0, 0.05) is 28.7 Å². The van der Waals surface area contributed by atoms with E-state index in [4.69, 9.17) is 9.47 Å². The van der Waals surface area contributed by atoms with Gasteiger partial charge in [0.05, 0.1) is 36.3 Å².